The summed E-state index contributed by atoms with van der Waals surface area (Å²) in [4.78, 5) is 24.1. The fraction of sp³-hybridized carbons (Fsp3) is 0.682. The lowest BCUT2D eigenvalue weighted by atomic mass is 10.1. The first-order valence-electron chi connectivity index (χ1n) is 21.3. The Labute approximate surface area is 374 Å². The second-order valence-corrected chi connectivity index (χ2v) is 14.3. The minimum Gasteiger partial charge on any atom is -0.460 e. The van der Waals surface area contributed by atoms with Gasteiger partial charge in [0.2, 0.25) is 0 Å². The Balaban J connectivity index is 1.23. The van der Waals surface area contributed by atoms with Crippen molar-refractivity contribution in [1.82, 2.24) is 0 Å². The Morgan fingerprint density at radius 1 is 0.469 bits per heavy atom. The van der Waals surface area contributed by atoms with Gasteiger partial charge in [0, 0.05) is 5.69 Å². The third-order valence-electron chi connectivity index (χ3n) is 7.81. The zero-order valence-corrected chi connectivity index (χ0v) is 37.5. The normalized spacial score (nSPS) is 11.8. The molecule has 2 aromatic carbocycles. The molecule has 64 heavy (non-hydrogen) atoms. The monoisotopic (exact) mass is 923 g/mol. The molecule has 17 nitrogen and oxygen atoms in total. The lowest BCUT2D eigenvalue weighted by Gasteiger charge is -2.19. The molecule has 0 fully saturated rings. The highest BCUT2D eigenvalue weighted by Crippen LogP contribution is 2.32. The van der Waals surface area contributed by atoms with Crippen molar-refractivity contribution in [3.63, 3.8) is 0 Å². The molecular formula is C44H68F3NO16. The first-order valence-corrected chi connectivity index (χ1v) is 21.3. The summed E-state index contributed by atoms with van der Waals surface area (Å²) >= 11 is 0. The van der Waals surface area contributed by atoms with Crippen LogP contribution in [0, 0.1) is 0 Å². The molecule has 366 valence electrons. The van der Waals surface area contributed by atoms with Gasteiger partial charge in [0.05, 0.1) is 169 Å². The zero-order chi connectivity index (χ0) is 46.4. The Morgan fingerprint density at radius 2 is 0.828 bits per heavy atom. The van der Waals surface area contributed by atoms with Crippen molar-refractivity contribution in [3.8, 4) is 0 Å². The predicted octanol–water partition coefficient (Wildman–Crippen LogP) is 5.15. The van der Waals surface area contributed by atoms with Crippen molar-refractivity contribution >= 4 is 23.3 Å². The van der Waals surface area contributed by atoms with Gasteiger partial charge in [-0.25, -0.2) is 9.59 Å². The highest BCUT2D eigenvalue weighted by Gasteiger charge is 2.30. The van der Waals surface area contributed by atoms with Gasteiger partial charge in [-0.05, 0) is 51.1 Å². The van der Waals surface area contributed by atoms with E-state index >= 15 is 0 Å². The first-order chi connectivity index (χ1) is 31.0. The molecule has 0 heterocycles. The maximum Gasteiger partial charge on any atom is 0.416 e. The third kappa shape index (κ3) is 32.2. The van der Waals surface area contributed by atoms with Crippen LogP contribution in [-0.2, 0) is 77.3 Å². The standard InChI is InChI=1S/C44H68F3NO16/c1-43(2,3)64-41(49)36-62-32-31-60-28-27-58-24-23-56-20-19-54-16-15-52-12-11-51-13-14-53-17-18-55-21-22-57-25-26-59-29-30-61-33-34-63-42(50)39-9-4-5-10-40(39)48-38-8-6-7-37(35-38)44(45,46)47/h4-10,35,48H,11-34,36H2,1-3H3. The van der Waals surface area contributed by atoms with Crippen molar-refractivity contribution in [2.75, 3.05) is 170 Å². The Kier molecular flexibility index (Phi) is 32.4. The number of carbonyl (C=O) groups is 2. The Hall–Kier alpha value is -3.51. The van der Waals surface area contributed by atoms with Crippen molar-refractivity contribution in [2.45, 2.75) is 32.5 Å². The summed E-state index contributed by atoms with van der Waals surface area (Å²) in [6.45, 7) is 14.6. The number of benzene rings is 2. The summed E-state index contributed by atoms with van der Waals surface area (Å²) in [5.74, 6) is -1.03. The fourth-order valence-corrected chi connectivity index (χ4v) is 4.92. The first kappa shape index (κ1) is 56.6. The van der Waals surface area contributed by atoms with Gasteiger partial charge in [-0.3, -0.25) is 0 Å². The van der Waals surface area contributed by atoms with E-state index in [1.165, 1.54) is 18.2 Å². The molecule has 0 aliphatic heterocycles. The molecule has 20 heteroatoms. The average molecular weight is 924 g/mol. The molecule has 0 unspecified atom stereocenters. The Bertz CT molecular complexity index is 1470. The molecule has 0 aliphatic rings. The highest BCUT2D eigenvalue weighted by atomic mass is 19.4. The van der Waals surface area contributed by atoms with Crippen LogP contribution in [0.3, 0.4) is 0 Å². The van der Waals surface area contributed by atoms with E-state index in [1.54, 1.807) is 39.0 Å². The maximum absolute atomic E-state index is 13.1. The van der Waals surface area contributed by atoms with Gasteiger partial charge in [-0.15, -0.1) is 0 Å². The number of carbonyl (C=O) groups excluding carboxylic acids is 2. The van der Waals surface area contributed by atoms with E-state index in [9.17, 15) is 22.8 Å². The topological polar surface area (TPSA) is 175 Å². The van der Waals surface area contributed by atoms with Crippen molar-refractivity contribution in [1.29, 1.82) is 0 Å². The van der Waals surface area contributed by atoms with Crippen LogP contribution in [0.25, 0.3) is 0 Å². The van der Waals surface area contributed by atoms with Crippen LogP contribution in [0.5, 0.6) is 0 Å². The van der Waals surface area contributed by atoms with Crippen molar-refractivity contribution < 1.29 is 89.1 Å². The molecule has 0 saturated carbocycles. The number of para-hydroxylation sites is 1. The van der Waals surface area contributed by atoms with Crippen LogP contribution in [-0.4, -0.2) is 183 Å². The summed E-state index contributed by atoms with van der Waals surface area (Å²) in [5.41, 5.74) is -0.638. The number of ether oxygens (including phenoxy) is 14. The van der Waals surface area contributed by atoms with Gasteiger partial charge in [0.25, 0.3) is 0 Å². The van der Waals surface area contributed by atoms with Crippen molar-refractivity contribution in [2.24, 2.45) is 0 Å². The average Bonchev–Trinajstić information content (AvgIpc) is 3.25. The fourth-order valence-electron chi connectivity index (χ4n) is 4.92. The lowest BCUT2D eigenvalue weighted by molar-refractivity contribution is -0.160. The van der Waals surface area contributed by atoms with Crippen LogP contribution in [0.1, 0.15) is 36.7 Å². The lowest BCUT2D eigenvalue weighted by Crippen LogP contribution is -2.27. The molecule has 0 radical (unpaired) electrons. The van der Waals surface area contributed by atoms with Gasteiger partial charge in [0.15, 0.2) is 0 Å². The van der Waals surface area contributed by atoms with Crippen molar-refractivity contribution in [3.05, 3.63) is 59.7 Å². The van der Waals surface area contributed by atoms with Gasteiger partial charge in [-0.2, -0.15) is 13.2 Å². The quantitative estimate of drug-likeness (QED) is 0.0685. The molecule has 0 bridgehead atoms. The smallest absolute Gasteiger partial charge is 0.416 e. The number of hydrogen-bond donors (Lipinski definition) is 1. The second-order valence-electron chi connectivity index (χ2n) is 14.3. The number of esters is 2. The number of alkyl halides is 3. The molecule has 0 saturated heterocycles. The van der Waals surface area contributed by atoms with Gasteiger partial charge in [-0.1, -0.05) is 18.2 Å². The summed E-state index contributed by atoms with van der Waals surface area (Å²) in [5, 5.41) is 2.86. The molecule has 2 aromatic rings. The summed E-state index contributed by atoms with van der Waals surface area (Å²) < 4.78 is 115. The van der Waals surface area contributed by atoms with Crippen LogP contribution < -0.4 is 5.32 Å². The van der Waals surface area contributed by atoms with E-state index in [-0.39, 0.29) is 31.1 Å². The summed E-state index contributed by atoms with van der Waals surface area (Å²) in [6, 6.07) is 11.1. The third-order valence-corrected chi connectivity index (χ3v) is 7.81. The molecular weight excluding hydrogens is 855 g/mol. The number of rotatable bonds is 41. The van der Waals surface area contributed by atoms with Gasteiger partial charge < -0.3 is 71.6 Å². The highest BCUT2D eigenvalue weighted by molar-refractivity contribution is 5.96. The van der Waals surface area contributed by atoms with E-state index in [2.05, 4.69) is 5.32 Å². The number of hydrogen-bond acceptors (Lipinski definition) is 17. The number of anilines is 2. The van der Waals surface area contributed by atoms with Crippen LogP contribution in [0.2, 0.25) is 0 Å². The van der Waals surface area contributed by atoms with Gasteiger partial charge >= 0.3 is 18.1 Å². The second kappa shape index (κ2) is 36.7. The van der Waals surface area contributed by atoms with Crippen LogP contribution in [0.15, 0.2) is 48.5 Å². The number of halogens is 3. The minimum absolute atomic E-state index is 0.00958. The van der Waals surface area contributed by atoms with E-state index in [1.807, 2.05) is 0 Å². The largest absolute Gasteiger partial charge is 0.460 e. The molecule has 0 spiro atoms. The predicted molar refractivity (Wildman–Crippen MR) is 227 cm³/mol. The summed E-state index contributed by atoms with van der Waals surface area (Å²) in [6.07, 6.45) is -4.48. The molecule has 0 aromatic heterocycles. The van der Waals surface area contributed by atoms with Crippen LogP contribution >= 0.6 is 0 Å². The molecule has 0 atom stereocenters. The van der Waals surface area contributed by atoms with Gasteiger partial charge in [0.1, 0.15) is 18.8 Å². The maximum atomic E-state index is 13.1. The Morgan fingerprint density at radius 3 is 1.20 bits per heavy atom. The molecule has 0 amide bonds. The van der Waals surface area contributed by atoms with E-state index < -0.39 is 29.3 Å². The molecule has 2 rings (SSSR count). The van der Waals surface area contributed by atoms with Crippen LogP contribution in [0.4, 0.5) is 24.5 Å². The molecule has 1 N–H and O–H groups in total. The van der Waals surface area contributed by atoms with E-state index in [0.29, 0.717) is 151 Å². The molecule has 0 aliphatic carbocycles. The minimum atomic E-state index is -4.48. The van der Waals surface area contributed by atoms with E-state index in [0.717, 1.165) is 12.1 Å². The zero-order valence-electron chi connectivity index (χ0n) is 37.5. The number of nitrogens with one attached hydrogen (secondary N) is 1. The SMILES string of the molecule is CC(C)(C)OC(=O)COCCOCCOCCOCCOCCOCCOCCOCCOCCOCCOCCOCCOC(=O)c1ccccc1Nc1cccc(C(F)(F)F)c1. The summed E-state index contributed by atoms with van der Waals surface area (Å²) in [7, 11) is 0. The van der Waals surface area contributed by atoms with E-state index in [4.69, 9.17) is 66.3 Å².